The molecule has 4 heteroatoms. The lowest BCUT2D eigenvalue weighted by Gasteiger charge is -2.37. The maximum Gasteiger partial charge on any atom is 0.338 e. The van der Waals surface area contributed by atoms with Crippen molar-refractivity contribution in [2.75, 3.05) is 6.79 Å². The second kappa shape index (κ2) is 3.65. The summed E-state index contributed by atoms with van der Waals surface area (Å²) in [5.41, 5.74) is 0.246. The van der Waals surface area contributed by atoms with E-state index in [0.29, 0.717) is 17.1 Å². The minimum absolute atomic E-state index is 0.214. The highest BCUT2D eigenvalue weighted by Gasteiger charge is 2.36. The minimum Gasteiger partial charge on any atom is -0.456 e. The quantitative estimate of drug-likeness (QED) is 0.737. The van der Waals surface area contributed by atoms with Crippen LogP contribution in [0.3, 0.4) is 0 Å². The Balaban J connectivity index is 1.77. The molecule has 1 aliphatic heterocycles. The van der Waals surface area contributed by atoms with Crippen molar-refractivity contribution in [2.24, 2.45) is 0 Å². The molecule has 90 valence electrons. The largest absolute Gasteiger partial charge is 0.456 e. The van der Waals surface area contributed by atoms with Gasteiger partial charge in [-0.15, -0.1) is 0 Å². The lowest BCUT2D eigenvalue weighted by Crippen LogP contribution is -2.38. The van der Waals surface area contributed by atoms with E-state index in [0.717, 1.165) is 19.3 Å². The van der Waals surface area contributed by atoms with Crippen LogP contribution in [0.4, 0.5) is 0 Å². The van der Waals surface area contributed by atoms with E-state index in [2.05, 4.69) is 0 Å². The molecule has 0 N–H and O–H groups in total. The normalized spacial score (nSPS) is 19.6. The van der Waals surface area contributed by atoms with Crippen molar-refractivity contribution in [3.63, 3.8) is 0 Å². The molecule has 0 bridgehead atoms. The van der Waals surface area contributed by atoms with Gasteiger partial charge < -0.3 is 14.2 Å². The van der Waals surface area contributed by atoms with Crippen LogP contribution in [-0.2, 0) is 4.74 Å². The Kier molecular flexibility index (Phi) is 2.24. The molecule has 4 nitrogen and oxygen atoms in total. The van der Waals surface area contributed by atoms with E-state index in [1.807, 2.05) is 6.92 Å². The third-order valence-corrected chi connectivity index (χ3v) is 3.36. The summed E-state index contributed by atoms with van der Waals surface area (Å²) in [5, 5.41) is 0. The van der Waals surface area contributed by atoms with Crippen molar-refractivity contribution in [1.82, 2.24) is 0 Å². The number of hydrogen-bond acceptors (Lipinski definition) is 4. The highest BCUT2D eigenvalue weighted by molar-refractivity contribution is 5.90. The second-order valence-corrected chi connectivity index (χ2v) is 4.76. The molecule has 2 aliphatic rings. The molecule has 0 aromatic heterocycles. The maximum absolute atomic E-state index is 11.9. The molecule has 1 aromatic carbocycles. The molecule has 0 radical (unpaired) electrons. The molecule has 1 aromatic rings. The van der Waals surface area contributed by atoms with E-state index in [1.165, 1.54) is 0 Å². The molecule has 1 heterocycles. The maximum atomic E-state index is 11.9. The topological polar surface area (TPSA) is 44.8 Å². The molecule has 17 heavy (non-hydrogen) atoms. The van der Waals surface area contributed by atoms with E-state index < -0.39 is 0 Å². The van der Waals surface area contributed by atoms with Crippen molar-refractivity contribution in [3.05, 3.63) is 23.8 Å². The number of benzene rings is 1. The summed E-state index contributed by atoms with van der Waals surface area (Å²) in [4.78, 5) is 11.9. The van der Waals surface area contributed by atoms with Crippen molar-refractivity contribution in [1.29, 1.82) is 0 Å². The van der Waals surface area contributed by atoms with Gasteiger partial charge in [0.15, 0.2) is 11.5 Å². The summed E-state index contributed by atoms with van der Waals surface area (Å²) in [5.74, 6) is 1.00. The molecule has 1 saturated carbocycles. The van der Waals surface area contributed by atoms with Crippen LogP contribution in [0.5, 0.6) is 11.5 Å². The SMILES string of the molecule is CC1(OC(=O)c2ccc3c(c2)OCO3)CCC1. The van der Waals surface area contributed by atoms with Gasteiger partial charge in [-0.2, -0.15) is 0 Å². The molecule has 1 aliphatic carbocycles. The summed E-state index contributed by atoms with van der Waals surface area (Å²) in [6.07, 6.45) is 3.03. The first-order valence-corrected chi connectivity index (χ1v) is 5.79. The Morgan fingerprint density at radius 1 is 1.29 bits per heavy atom. The fraction of sp³-hybridized carbons (Fsp3) is 0.462. The van der Waals surface area contributed by atoms with Gasteiger partial charge in [0.1, 0.15) is 5.60 Å². The van der Waals surface area contributed by atoms with Gasteiger partial charge in [0.25, 0.3) is 0 Å². The van der Waals surface area contributed by atoms with E-state index in [1.54, 1.807) is 18.2 Å². The summed E-state index contributed by atoms with van der Waals surface area (Å²) in [7, 11) is 0. The lowest BCUT2D eigenvalue weighted by atomic mass is 9.82. The summed E-state index contributed by atoms with van der Waals surface area (Å²) < 4.78 is 15.9. The van der Waals surface area contributed by atoms with Gasteiger partial charge >= 0.3 is 5.97 Å². The third-order valence-electron chi connectivity index (χ3n) is 3.36. The number of ether oxygens (including phenoxy) is 3. The van der Waals surface area contributed by atoms with Crippen molar-refractivity contribution < 1.29 is 19.0 Å². The van der Waals surface area contributed by atoms with Gasteiger partial charge in [0.2, 0.25) is 6.79 Å². The van der Waals surface area contributed by atoms with Gasteiger partial charge in [-0.05, 0) is 44.4 Å². The number of hydrogen-bond donors (Lipinski definition) is 0. The van der Waals surface area contributed by atoms with Crippen LogP contribution in [-0.4, -0.2) is 18.4 Å². The molecule has 0 spiro atoms. The fourth-order valence-electron chi connectivity index (χ4n) is 2.08. The van der Waals surface area contributed by atoms with Gasteiger partial charge in [0, 0.05) is 0 Å². The van der Waals surface area contributed by atoms with Crippen LogP contribution in [0.2, 0.25) is 0 Å². The second-order valence-electron chi connectivity index (χ2n) is 4.76. The predicted molar refractivity (Wildman–Crippen MR) is 60.2 cm³/mol. The van der Waals surface area contributed by atoms with Crippen LogP contribution in [0.15, 0.2) is 18.2 Å². The van der Waals surface area contributed by atoms with E-state index >= 15 is 0 Å². The summed E-state index contributed by atoms with van der Waals surface area (Å²) in [6.45, 7) is 2.19. The van der Waals surface area contributed by atoms with Crippen LogP contribution in [0, 0.1) is 0 Å². The predicted octanol–water partition coefficient (Wildman–Crippen LogP) is 2.51. The Morgan fingerprint density at radius 2 is 2.06 bits per heavy atom. The Morgan fingerprint density at radius 3 is 2.76 bits per heavy atom. The molecule has 0 amide bonds. The van der Waals surface area contributed by atoms with Gasteiger partial charge in [-0.25, -0.2) is 4.79 Å². The zero-order chi connectivity index (χ0) is 11.9. The van der Waals surface area contributed by atoms with Gasteiger partial charge in [0.05, 0.1) is 5.56 Å². The molecular formula is C13H14O4. The smallest absolute Gasteiger partial charge is 0.338 e. The minimum atomic E-state index is -0.287. The van der Waals surface area contributed by atoms with Crippen LogP contribution < -0.4 is 9.47 Å². The monoisotopic (exact) mass is 234 g/mol. The molecular weight excluding hydrogens is 220 g/mol. The van der Waals surface area contributed by atoms with E-state index in [9.17, 15) is 4.79 Å². The van der Waals surface area contributed by atoms with Gasteiger partial charge in [-0.1, -0.05) is 0 Å². The zero-order valence-electron chi connectivity index (χ0n) is 9.69. The number of esters is 1. The standard InChI is InChI=1S/C13H14O4/c1-13(5-2-6-13)17-12(14)9-3-4-10-11(7-9)16-8-15-10/h3-4,7H,2,5-6,8H2,1H3. The number of fused-ring (bicyclic) bond motifs is 1. The first-order chi connectivity index (χ1) is 8.16. The molecule has 0 unspecified atom stereocenters. The number of carbonyl (C=O) groups excluding carboxylic acids is 1. The third kappa shape index (κ3) is 1.84. The fourth-order valence-corrected chi connectivity index (χ4v) is 2.08. The van der Waals surface area contributed by atoms with Crippen LogP contribution >= 0.6 is 0 Å². The first-order valence-electron chi connectivity index (χ1n) is 5.79. The molecule has 3 rings (SSSR count). The number of carbonyl (C=O) groups is 1. The van der Waals surface area contributed by atoms with Crippen molar-refractivity contribution in [2.45, 2.75) is 31.8 Å². The number of rotatable bonds is 2. The van der Waals surface area contributed by atoms with Gasteiger partial charge in [-0.3, -0.25) is 0 Å². The van der Waals surface area contributed by atoms with E-state index in [4.69, 9.17) is 14.2 Å². The average Bonchev–Trinajstić information content (AvgIpc) is 2.73. The Bertz CT molecular complexity index is 462. The molecule has 0 saturated heterocycles. The summed E-state index contributed by atoms with van der Waals surface area (Å²) in [6, 6.07) is 5.12. The Labute approximate surface area is 99.5 Å². The van der Waals surface area contributed by atoms with E-state index in [-0.39, 0.29) is 18.4 Å². The Hall–Kier alpha value is -1.71. The van der Waals surface area contributed by atoms with Crippen molar-refractivity contribution >= 4 is 5.97 Å². The van der Waals surface area contributed by atoms with Crippen molar-refractivity contribution in [3.8, 4) is 11.5 Å². The highest BCUT2D eigenvalue weighted by Crippen LogP contribution is 2.37. The first kappa shape index (κ1) is 10.4. The molecule has 0 atom stereocenters. The molecule has 1 fully saturated rings. The summed E-state index contributed by atoms with van der Waals surface area (Å²) >= 11 is 0. The lowest BCUT2D eigenvalue weighted by molar-refractivity contribution is -0.0498. The highest BCUT2D eigenvalue weighted by atomic mass is 16.7. The van der Waals surface area contributed by atoms with Crippen LogP contribution in [0.1, 0.15) is 36.5 Å². The zero-order valence-corrected chi connectivity index (χ0v) is 9.69. The van der Waals surface area contributed by atoms with Crippen LogP contribution in [0.25, 0.3) is 0 Å². The average molecular weight is 234 g/mol.